The van der Waals surface area contributed by atoms with E-state index in [0.29, 0.717) is 0 Å². The summed E-state index contributed by atoms with van der Waals surface area (Å²) < 4.78 is 9.43. The smallest absolute Gasteiger partial charge is 0.140 e. The summed E-state index contributed by atoms with van der Waals surface area (Å²) in [4.78, 5) is 5.50. The minimum absolute atomic E-state index is 0.865. The molecule has 0 saturated carbocycles. The quantitative estimate of drug-likeness (QED) is 0.175. The Hall–Kier alpha value is -7.63. The van der Waals surface area contributed by atoms with Gasteiger partial charge in [0.05, 0.1) is 44.5 Å². The van der Waals surface area contributed by atoms with Crippen LogP contribution in [-0.4, -0.2) is 23.3 Å². The summed E-state index contributed by atoms with van der Waals surface area (Å²) in [5.74, 6) is 0.865. The molecule has 0 aliphatic rings. The molecule has 0 radical (unpaired) electrons. The number of para-hydroxylation sites is 4. The molecule has 0 aliphatic carbocycles. The average Bonchev–Trinajstić information content (AvgIpc) is 4.05. The Morgan fingerprint density at radius 3 is 1.41 bits per heavy atom. The Kier molecular flexibility index (Phi) is 6.56. The topological polar surface area (TPSA) is 32.6 Å². The van der Waals surface area contributed by atoms with Gasteiger partial charge in [0.15, 0.2) is 0 Å². The Morgan fingerprint density at radius 2 is 0.839 bits per heavy atom. The third-order valence-corrected chi connectivity index (χ3v) is 11.4. The van der Waals surface area contributed by atoms with E-state index in [-0.39, 0.29) is 0 Å². The van der Waals surface area contributed by atoms with Crippen molar-refractivity contribution in [1.82, 2.24) is 23.3 Å². The van der Waals surface area contributed by atoms with E-state index in [9.17, 15) is 0 Å². The first-order valence-corrected chi connectivity index (χ1v) is 19.1. The van der Waals surface area contributed by atoms with Crippen LogP contribution in [0.2, 0.25) is 0 Å². The Balaban J connectivity index is 1.19. The number of nitrogens with zero attached hydrogens (tertiary/aromatic N) is 5. The predicted molar refractivity (Wildman–Crippen MR) is 232 cm³/mol. The molecule has 0 atom stereocenters. The highest BCUT2D eigenvalue weighted by molar-refractivity contribution is 6.22. The van der Waals surface area contributed by atoms with Crippen LogP contribution in [0, 0.1) is 0 Å². The van der Waals surface area contributed by atoms with Gasteiger partial charge < -0.3 is 13.7 Å². The maximum absolute atomic E-state index is 5.50. The van der Waals surface area contributed by atoms with Crippen LogP contribution in [0.3, 0.4) is 0 Å². The molecule has 7 aromatic carbocycles. The van der Waals surface area contributed by atoms with E-state index >= 15 is 0 Å². The molecule has 0 fully saturated rings. The van der Waals surface area contributed by atoms with Crippen LogP contribution >= 0.6 is 0 Å². The normalized spacial score (nSPS) is 11.9. The van der Waals surface area contributed by atoms with E-state index in [1.54, 1.807) is 0 Å². The molecule has 0 amide bonds. The van der Waals surface area contributed by atoms with Crippen LogP contribution < -0.4 is 0 Å². The van der Waals surface area contributed by atoms with Gasteiger partial charge in [-0.3, -0.25) is 4.57 Å². The molecule has 5 heteroatoms. The molecule has 5 aromatic heterocycles. The fourth-order valence-corrected chi connectivity index (χ4v) is 9.00. The molecule has 0 spiro atoms. The first kappa shape index (κ1) is 30.8. The Labute approximate surface area is 322 Å². The molecule has 12 aromatic rings. The van der Waals surface area contributed by atoms with Crippen molar-refractivity contribution < 1.29 is 0 Å². The van der Waals surface area contributed by atoms with Crippen molar-refractivity contribution in [3.63, 3.8) is 0 Å². The second-order valence-corrected chi connectivity index (χ2v) is 14.5. The van der Waals surface area contributed by atoms with Crippen molar-refractivity contribution in [2.75, 3.05) is 0 Å². The van der Waals surface area contributed by atoms with Crippen molar-refractivity contribution in [1.29, 1.82) is 0 Å². The van der Waals surface area contributed by atoms with Gasteiger partial charge in [-0.1, -0.05) is 115 Å². The predicted octanol–water partition coefficient (Wildman–Crippen LogP) is 12.8. The van der Waals surface area contributed by atoms with Crippen molar-refractivity contribution in [2.45, 2.75) is 0 Å². The SMILES string of the molecule is c1ccc(-c2cc(-n3c4ccccc4c4c5c(ccc43)ccn5-c3ccccc3)cc(-n3c4ccccc4c4c5c(ccc43)ccn5-c3ccccc3)n2)cc1. The summed E-state index contributed by atoms with van der Waals surface area (Å²) >= 11 is 0. The number of rotatable bonds is 5. The third kappa shape index (κ3) is 4.46. The van der Waals surface area contributed by atoms with Crippen LogP contribution in [0.4, 0.5) is 0 Å². The molecule has 56 heavy (non-hydrogen) atoms. The summed E-state index contributed by atoms with van der Waals surface area (Å²) in [5, 5.41) is 7.26. The van der Waals surface area contributed by atoms with E-state index in [1.165, 1.54) is 43.4 Å². The van der Waals surface area contributed by atoms with Crippen LogP contribution in [0.25, 0.3) is 99.6 Å². The molecule has 5 heterocycles. The van der Waals surface area contributed by atoms with E-state index in [4.69, 9.17) is 4.98 Å². The van der Waals surface area contributed by atoms with Gasteiger partial charge in [-0.25, -0.2) is 4.98 Å². The van der Waals surface area contributed by atoms with Gasteiger partial charge in [0.2, 0.25) is 0 Å². The molecule has 0 N–H and O–H groups in total. The highest BCUT2D eigenvalue weighted by Gasteiger charge is 2.22. The van der Waals surface area contributed by atoms with E-state index in [0.717, 1.165) is 56.2 Å². The van der Waals surface area contributed by atoms with Gasteiger partial charge >= 0.3 is 0 Å². The third-order valence-electron chi connectivity index (χ3n) is 11.4. The van der Waals surface area contributed by atoms with E-state index in [2.05, 4.69) is 219 Å². The number of hydrogen-bond acceptors (Lipinski definition) is 1. The van der Waals surface area contributed by atoms with Crippen LogP contribution in [0.15, 0.2) is 200 Å². The van der Waals surface area contributed by atoms with Crippen molar-refractivity contribution in [3.05, 3.63) is 200 Å². The lowest BCUT2D eigenvalue weighted by molar-refractivity contribution is 1.06. The van der Waals surface area contributed by atoms with Crippen molar-refractivity contribution >= 4 is 65.4 Å². The molecule has 0 aliphatic heterocycles. The summed E-state index contributed by atoms with van der Waals surface area (Å²) in [5.41, 5.74) is 12.2. The van der Waals surface area contributed by atoms with Crippen molar-refractivity contribution in [2.24, 2.45) is 0 Å². The standard InChI is InChI=1S/C51H33N5/c1-4-14-34(15-5-1)42-32-39(55-43-22-12-10-20-40(43)48-45(55)26-24-35-28-30-53(50(35)48)37-16-6-2-7-17-37)33-47(52-42)56-44-23-13-11-21-41(44)49-46(56)27-25-36-29-31-54(51(36)49)38-18-8-3-9-19-38/h1-33H. The zero-order valence-electron chi connectivity index (χ0n) is 30.3. The first-order valence-electron chi connectivity index (χ1n) is 19.1. The summed E-state index contributed by atoms with van der Waals surface area (Å²) in [6, 6.07) is 67.3. The van der Waals surface area contributed by atoms with E-state index in [1.807, 2.05) is 0 Å². The lowest BCUT2D eigenvalue weighted by Gasteiger charge is -2.15. The van der Waals surface area contributed by atoms with Crippen LogP contribution in [0.5, 0.6) is 0 Å². The highest BCUT2D eigenvalue weighted by Crippen LogP contribution is 2.41. The molecule has 5 nitrogen and oxygen atoms in total. The zero-order valence-corrected chi connectivity index (χ0v) is 30.3. The van der Waals surface area contributed by atoms with Crippen LogP contribution in [-0.2, 0) is 0 Å². The number of pyridine rings is 1. The second kappa shape index (κ2) is 11.9. The molecule has 262 valence electrons. The van der Waals surface area contributed by atoms with Gasteiger partial charge in [0.1, 0.15) is 5.82 Å². The minimum Gasteiger partial charge on any atom is -0.316 e. The molecule has 0 unspecified atom stereocenters. The second-order valence-electron chi connectivity index (χ2n) is 14.5. The molecule has 12 rings (SSSR count). The van der Waals surface area contributed by atoms with Gasteiger partial charge in [0, 0.05) is 67.7 Å². The molecular weight excluding hydrogens is 683 g/mol. The Morgan fingerprint density at radius 1 is 0.357 bits per heavy atom. The van der Waals surface area contributed by atoms with Gasteiger partial charge in [-0.2, -0.15) is 0 Å². The lowest BCUT2D eigenvalue weighted by Crippen LogP contribution is -2.03. The van der Waals surface area contributed by atoms with Crippen LogP contribution in [0.1, 0.15) is 0 Å². The van der Waals surface area contributed by atoms with Gasteiger partial charge in [-0.15, -0.1) is 0 Å². The maximum Gasteiger partial charge on any atom is 0.140 e. The molecule has 0 saturated heterocycles. The Bertz CT molecular complexity index is 3250. The monoisotopic (exact) mass is 715 g/mol. The first-order chi connectivity index (χ1) is 27.8. The fourth-order valence-electron chi connectivity index (χ4n) is 9.00. The maximum atomic E-state index is 5.50. The lowest BCUT2D eigenvalue weighted by atomic mass is 10.1. The van der Waals surface area contributed by atoms with Crippen molar-refractivity contribution in [3.8, 4) is 34.1 Å². The largest absolute Gasteiger partial charge is 0.316 e. The highest BCUT2D eigenvalue weighted by atomic mass is 15.1. The number of aromatic nitrogens is 5. The van der Waals surface area contributed by atoms with Gasteiger partial charge in [-0.05, 0) is 66.7 Å². The zero-order chi connectivity index (χ0) is 36.7. The number of benzene rings is 7. The summed E-state index contributed by atoms with van der Waals surface area (Å²) in [6.45, 7) is 0. The molecular formula is C51H33N5. The summed E-state index contributed by atoms with van der Waals surface area (Å²) in [6.07, 6.45) is 4.38. The van der Waals surface area contributed by atoms with Gasteiger partial charge in [0.25, 0.3) is 0 Å². The fraction of sp³-hybridized carbons (Fsp3) is 0. The average molecular weight is 716 g/mol. The molecule has 0 bridgehead atoms. The number of hydrogen-bond donors (Lipinski definition) is 0. The minimum atomic E-state index is 0.865. The summed E-state index contributed by atoms with van der Waals surface area (Å²) in [7, 11) is 0. The van der Waals surface area contributed by atoms with E-state index < -0.39 is 0 Å². The number of fused-ring (bicyclic) bond motifs is 10.